The van der Waals surface area contributed by atoms with Gasteiger partial charge in [-0.3, -0.25) is 14.9 Å². The molecule has 19 heavy (non-hydrogen) atoms. The zero-order valence-corrected chi connectivity index (χ0v) is 10.8. The first-order valence-corrected chi connectivity index (χ1v) is 7.01. The number of hydrogen-bond donors (Lipinski definition) is 3. The summed E-state index contributed by atoms with van der Waals surface area (Å²) in [5.74, 6) is 0. The lowest BCUT2D eigenvalue weighted by atomic mass is 10.2. The van der Waals surface area contributed by atoms with E-state index in [9.17, 15) is 8.42 Å². The van der Waals surface area contributed by atoms with Gasteiger partial charge in [0.25, 0.3) is 10.0 Å². The van der Waals surface area contributed by atoms with Crippen molar-refractivity contribution >= 4 is 26.6 Å². The van der Waals surface area contributed by atoms with Crippen molar-refractivity contribution in [3.8, 4) is 0 Å². The number of hydrogen-bond acceptors (Lipinski definition) is 4. The molecule has 2 aromatic heterocycles. The minimum Gasteiger partial charge on any atom is -0.281 e. The number of aryl methyl sites for hydroxylation is 1. The van der Waals surface area contributed by atoms with Gasteiger partial charge < -0.3 is 0 Å². The predicted molar refractivity (Wildman–Crippen MR) is 70.2 cm³/mol. The van der Waals surface area contributed by atoms with E-state index < -0.39 is 10.0 Å². The predicted octanol–water partition coefficient (Wildman–Crippen LogP) is 1.40. The SMILES string of the molecule is Cc1[nH]ncc1S(=O)(=O)Nc1cccc2cn[nH]c12. The van der Waals surface area contributed by atoms with Crippen molar-refractivity contribution in [2.75, 3.05) is 4.72 Å². The maximum Gasteiger partial charge on any atom is 0.265 e. The van der Waals surface area contributed by atoms with Gasteiger partial charge in [0.05, 0.1) is 29.3 Å². The third-order valence-corrected chi connectivity index (χ3v) is 4.27. The molecule has 3 N–H and O–H groups in total. The quantitative estimate of drug-likeness (QED) is 0.673. The second-order valence-electron chi connectivity index (χ2n) is 4.10. The van der Waals surface area contributed by atoms with Gasteiger partial charge in [-0.15, -0.1) is 0 Å². The van der Waals surface area contributed by atoms with E-state index in [0.29, 0.717) is 16.9 Å². The second kappa shape index (κ2) is 4.09. The maximum atomic E-state index is 12.2. The van der Waals surface area contributed by atoms with Crippen LogP contribution in [0.4, 0.5) is 5.69 Å². The van der Waals surface area contributed by atoms with Crippen LogP contribution < -0.4 is 4.72 Å². The Balaban J connectivity index is 2.06. The summed E-state index contributed by atoms with van der Waals surface area (Å²) in [4.78, 5) is 0.129. The Morgan fingerprint density at radius 3 is 2.68 bits per heavy atom. The largest absolute Gasteiger partial charge is 0.281 e. The molecule has 2 heterocycles. The van der Waals surface area contributed by atoms with Gasteiger partial charge in [0.1, 0.15) is 4.90 Å². The van der Waals surface area contributed by atoms with Crippen molar-refractivity contribution < 1.29 is 8.42 Å². The fraction of sp³-hybridized carbons (Fsp3) is 0.0909. The van der Waals surface area contributed by atoms with E-state index in [4.69, 9.17) is 0 Å². The first-order valence-electron chi connectivity index (χ1n) is 5.53. The molecule has 0 saturated carbocycles. The van der Waals surface area contributed by atoms with E-state index in [1.807, 2.05) is 6.07 Å². The molecular formula is C11H11N5O2S. The molecule has 8 heteroatoms. The Morgan fingerprint density at radius 1 is 1.16 bits per heavy atom. The molecule has 3 rings (SSSR count). The van der Waals surface area contributed by atoms with Crippen molar-refractivity contribution in [3.05, 3.63) is 36.3 Å². The minimum atomic E-state index is -3.66. The van der Waals surface area contributed by atoms with E-state index in [0.717, 1.165) is 5.39 Å². The third-order valence-electron chi connectivity index (χ3n) is 2.79. The fourth-order valence-corrected chi connectivity index (χ4v) is 3.07. The summed E-state index contributed by atoms with van der Waals surface area (Å²) in [6, 6.07) is 5.28. The van der Waals surface area contributed by atoms with Crippen LogP contribution in [0.1, 0.15) is 5.69 Å². The van der Waals surface area contributed by atoms with Crippen LogP contribution in [0.15, 0.2) is 35.5 Å². The molecule has 0 saturated heterocycles. The van der Waals surface area contributed by atoms with Gasteiger partial charge in [0.15, 0.2) is 0 Å². The summed E-state index contributed by atoms with van der Waals surface area (Å²) in [7, 11) is -3.66. The van der Waals surface area contributed by atoms with Crippen molar-refractivity contribution in [3.63, 3.8) is 0 Å². The van der Waals surface area contributed by atoms with Crippen LogP contribution in [0.2, 0.25) is 0 Å². The molecule has 98 valence electrons. The molecule has 0 amide bonds. The van der Waals surface area contributed by atoms with E-state index >= 15 is 0 Å². The molecule has 0 bridgehead atoms. The Kier molecular flexibility index (Phi) is 2.53. The summed E-state index contributed by atoms with van der Waals surface area (Å²) in [5, 5.41) is 13.8. The number of sulfonamides is 1. The number of fused-ring (bicyclic) bond motifs is 1. The van der Waals surface area contributed by atoms with Crippen LogP contribution in [-0.4, -0.2) is 28.8 Å². The van der Waals surface area contributed by atoms with Crippen molar-refractivity contribution in [1.29, 1.82) is 0 Å². The molecular weight excluding hydrogens is 266 g/mol. The molecule has 3 aromatic rings. The van der Waals surface area contributed by atoms with Crippen LogP contribution in [0.5, 0.6) is 0 Å². The average molecular weight is 277 g/mol. The van der Waals surface area contributed by atoms with E-state index in [1.54, 1.807) is 25.3 Å². The summed E-state index contributed by atoms with van der Waals surface area (Å²) in [6.45, 7) is 1.65. The summed E-state index contributed by atoms with van der Waals surface area (Å²) in [6.07, 6.45) is 2.92. The topological polar surface area (TPSA) is 104 Å². The van der Waals surface area contributed by atoms with Gasteiger partial charge in [0.2, 0.25) is 0 Å². The van der Waals surface area contributed by atoms with Gasteiger partial charge >= 0.3 is 0 Å². The van der Waals surface area contributed by atoms with Crippen molar-refractivity contribution in [1.82, 2.24) is 20.4 Å². The molecule has 0 unspecified atom stereocenters. The standard InChI is InChI=1S/C11H11N5O2S/c1-7-10(6-13-14-7)19(17,18)16-9-4-2-3-8-5-12-15-11(8)9/h2-6,16H,1H3,(H,12,15)(H,13,14). The number of nitrogens with zero attached hydrogens (tertiary/aromatic N) is 2. The van der Waals surface area contributed by atoms with Crippen molar-refractivity contribution in [2.45, 2.75) is 11.8 Å². The molecule has 0 aliphatic rings. The van der Waals surface area contributed by atoms with Crippen LogP contribution in [0.25, 0.3) is 10.9 Å². The number of aromatic amines is 2. The maximum absolute atomic E-state index is 12.2. The van der Waals surface area contributed by atoms with E-state index in [2.05, 4.69) is 25.1 Å². The summed E-state index contributed by atoms with van der Waals surface area (Å²) in [5.41, 5.74) is 1.59. The molecule has 0 spiro atoms. The number of rotatable bonds is 3. The van der Waals surface area contributed by atoms with Gasteiger partial charge in [-0.2, -0.15) is 10.2 Å². The highest BCUT2D eigenvalue weighted by atomic mass is 32.2. The van der Waals surface area contributed by atoms with Gasteiger partial charge in [-0.1, -0.05) is 12.1 Å². The molecule has 0 aliphatic carbocycles. The number of benzene rings is 1. The first-order chi connectivity index (χ1) is 9.08. The van der Waals surface area contributed by atoms with Crippen LogP contribution in [0, 0.1) is 6.92 Å². The lowest BCUT2D eigenvalue weighted by molar-refractivity contribution is 0.600. The van der Waals surface area contributed by atoms with E-state index in [1.165, 1.54) is 6.20 Å². The minimum absolute atomic E-state index is 0.129. The van der Waals surface area contributed by atoms with E-state index in [-0.39, 0.29) is 4.90 Å². The number of H-pyrrole nitrogens is 2. The molecule has 0 radical (unpaired) electrons. The second-order valence-corrected chi connectivity index (χ2v) is 5.76. The van der Waals surface area contributed by atoms with Crippen molar-refractivity contribution in [2.24, 2.45) is 0 Å². The molecule has 1 aromatic carbocycles. The highest BCUT2D eigenvalue weighted by Gasteiger charge is 2.19. The number of para-hydroxylation sites is 1. The zero-order chi connectivity index (χ0) is 13.5. The van der Waals surface area contributed by atoms with Crippen LogP contribution in [-0.2, 0) is 10.0 Å². The number of aromatic nitrogens is 4. The third kappa shape index (κ3) is 1.95. The Morgan fingerprint density at radius 2 is 1.95 bits per heavy atom. The average Bonchev–Trinajstić information content (AvgIpc) is 2.97. The number of anilines is 1. The molecule has 0 aliphatic heterocycles. The monoisotopic (exact) mass is 277 g/mol. The highest BCUT2D eigenvalue weighted by molar-refractivity contribution is 7.92. The first kappa shape index (κ1) is 11.7. The lowest BCUT2D eigenvalue weighted by Gasteiger charge is -2.07. The Hall–Kier alpha value is -2.35. The molecule has 7 nitrogen and oxygen atoms in total. The smallest absolute Gasteiger partial charge is 0.265 e. The van der Waals surface area contributed by atoms with Gasteiger partial charge in [0, 0.05) is 5.39 Å². The van der Waals surface area contributed by atoms with Crippen LogP contribution >= 0.6 is 0 Å². The normalized spacial score (nSPS) is 11.8. The van der Waals surface area contributed by atoms with Crippen LogP contribution in [0.3, 0.4) is 0 Å². The summed E-state index contributed by atoms with van der Waals surface area (Å²) >= 11 is 0. The van der Waals surface area contributed by atoms with Gasteiger partial charge in [-0.25, -0.2) is 8.42 Å². The molecule has 0 fully saturated rings. The zero-order valence-electron chi connectivity index (χ0n) is 10.0. The highest BCUT2D eigenvalue weighted by Crippen LogP contribution is 2.24. The number of nitrogens with one attached hydrogen (secondary N) is 3. The van der Waals surface area contributed by atoms with Gasteiger partial charge in [-0.05, 0) is 13.0 Å². The summed E-state index contributed by atoms with van der Waals surface area (Å²) < 4.78 is 27.0. The fourth-order valence-electron chi connectivity index (χ4n) is 1.86. The Bertz CT molecular complexity index is 834. The Labute approximate surface area is 109 Å². The molecule has 0 atom stereocenters. The lowest BCUT2D eigenvalue weighted by Crippen LogP contribution is -2.13.